The number of fused-ring (bicyclic) bond motifs is 1. The van der Waals surface area contributed by atoms with Gasteiger partial charge in [0.1, 0.15) is 0 Å². The van der Waals surface area contributed by atoms with Gasteiger partial charge in [0.05, 0.1) is 0 Å². The van der Waals surface area contributed by atoms with Crippen molar-refractivity contribution < 1.29 is 13.6 Å². The summed E-state index contributed by atoms with van der Waals surface area (Å²) in [5.41, 5.74) is 1.29. The van der Waals surface area contributed by atoms with Crippen LogP contribution in [0.3, 0.4) is 0 Å². The van der Waals surface area contributed by atoms with Crippen molar-refractivity contribution in [3.8, 4) is 11.5 Å². The molecule has 2 aliphatic rings. The van der Waals surface area contributed by atoms with Crippen molar-refractivity contribution in [2.24, 2.45) is 0 Å². The van der Waals surface area contributed by atoms with Crippen LogP contribution in [0.5, 0.6) is 11.5 Å². The molecule has 1 spiro atoms. The first-order valence-corrected chi connectivity index (χ1v) is 9.78. The van der Waals surface area contributed by atoms with Crippen molar-refractivity contribution in [2.45, 2.75) is 20.3 Å². The molecule has 0 aromatic heterocycles. The van der Waals surface area contributed by atoms with Crippen LogP contribution in [0.25, 0.3) is 0 Å². The van der Waals surface area contributed by atoms with Gasteiger partial charge in [-0.2, -0.15) is 0 Å². The first kappa shape index (κ1) is 13.7. The molecule has 0 amide bonds. The summed E-state index contributed by atoms with van der Waals surface area (Å²) in [6, 6.07) is 16.2. The van der Waals surface area contributed by atoms with E-state index in [1.54, 1.807) is 0 Å². The predicted molar refractivity (Wildman–Crippen MR) is 89.8 cm³/mol. The van der Waals surface area contributed by atoms with Crippen LogP contribution in [-0.2, 0) is 10.9 Å². The Morgan fingerprint density at radius 1 is 0.909 bits per heavy atom. The van der Waals surface area contributed by atoms with E-state index in [0.717, 1.165) is 29.0 Å². The van der Waals surface area contributed by atoms with E-state index in [1.165, 1.54) is 5.56 Å². The SMILES string of the molecule is CCc1ccc(P23(CC=C(C)O2)Oc2ccccc2O3)cc1. The van der Waals surface area contributed by atoms with Crippen molar-refractivity contribution in [3.05, 3.63) is 65.9 Å². The first-order valence-electron chi connectivity index (χ1n) is 7.61. The molecule has 0 radical (unpaired) electrons. The van der Waals surface area contributed by atoms with E-state index >= 15 is 0 Å². The maximum absolute atomic E-state index is 6.41. The summed E-state index contributed by atoms with van der Waals surface area (Å²) in [6.45, 7) is 4.10. The van der Waals surface area contributed by atoms with Crippen molar-refractivity contribution in [3.63, 3.8) is 0 Å². The molecule has 0 saturated heterocycles. The van der Waals surface area contributed by atoms with E-state index < -0.39 is 7.28 Å². The second-order valence-corrected chi connectivity index (χ2v) is 9.30. The Bertz CT molecular complexity index is 739. The van der Waals surface area contributed by atoms with E-state index in [0.29, 0.717) is 6.16 Å². The molecule has 114 valence electrons. The van der Waals surface area contributed by atoms with Crippen LogP contribution in [0.2, 0.25) is 0 Å². The van der Waals surface area contributed by atoms with Crippen molar-refractivity contribution in [2.75, 3.05) is 6.16 Å². The average molecular weight is 314 g/mol. The van der Waals surface area contributed by atoms with Gasteiger partial charge in [0, 0.05) is 0 Å². The molecule has 0 atom stereocenters. The second kappa shape index (κ2) is 4.50. The van der Waals surface area contributed by atoms with E-state index in [1.807, 2.05) is 31.2 Å². The standard InChI is InChI=1S/C18H19O3P/c1-3-15-8-10-16(11-9-15)22(13-12-14(2)19-22)20-17-6-4-5-7-18(17)21-22/h4-12H,3,13H2,1-2H3. The van der Waals surface area contributed by atoms with Crippen molar-refractivity contribution in [1.82, 2.24) is 0 Å². The molecule has 3 nitrogen and oxygen atoms in total. The van der Waals surface area contributed by atoms with Gasteiger partial charge >= 0.3 is 130 Å². The third kappa shape index (κ3) is 1.79. The van der Waals surface area contributed by atoms with Crippen LogP contribution < -0.4 is 14.4 Å². The summed E-state index contributed by atoms with van der Waals surface area (Å²) in [7, 11) is -3.38. The molecule has 0 aliphatic carbocycles. The third-order valence-corrected chi connectivity index (χ3v) is 8.18. The summed E-state index contributed by atoms with van der Waals surface area (Å²) in [5, 5.41) is 1.01. The molecule has 0 N–H and O–H groups in total. The number of aryl methyl sites for hydroxylation is 1. The number of rotatable bonds is 2. The normalized spacial score (nSPS) is 21.7. The van der Waals surface area contributed by atoms with Crippen LogP contribution in [-0.4, -0.2) is 6.16 Å². The molecule has 4 rings (SSSR count). The molecule has 22 heavy (non-hydrogen) atoms. The van der Waals surface area contributed by atoms with Crippen LogP contribution in [0.15, 0.2) is 60.4 Å². The molecule has 0 saturated carbocycles. The molecule has 2 aliphatic heterocycles. The van der Waals surface area contributed by atoms with Gasteiger partial charge in [0.15, 0.2) is 0 Å². The molecule has 4 heteroatoms. The van der Waals surface area contributed by atoms with Crippen LogP contribution in [0.4, 0.5) is 0 Å². The molecule has 2 aromatic rings. The van der Waals surface area contributed by atoms with Gasteiger partial charge < -0.3 is 0 Å². The molecular formula is C18H19O3P. The Hall–Kier alpha value is -1.99. The van der Waals surface area contributed by atoms with Crippen molar-refractivity contribution >= 4 is 12.6 Å². The quantitative estimate of drug-likeness (QED) is 0.760. The summed E-state index contributed by atoms with van der Waals surface area (Å²) in [5.74, 6) is 2.40. The molecule has 0 bridgehead atoms. The predicted octanol–water partition coefficient (Wildman–Crippen LogP) is 4.58. The second-order valence-electron chi connectivity index (χ2n) is 5.78. The number of hydrogen-bond donors (Lipinski definition) is 0. The fourth-order valence-electron chi connectivity index (χ4n) is 3.06. The number of para-hydroxylation sites is 2. The van der Waals surface area contributed by atoms with Gasteiger partial charge in [-0.3, -0.25) is 0 Å². The van der Waals surface area contributed by atoms with Gasteiger partial charge in [-0.05, 0) is 0 Å². The Labute approximate surface area is 130 Å². The molecule has 0 unspecified atom stereocenters. The summed E-state index contributed by atoms with van der Waals surface area (Å²) < 4.78 is 19.1. The zero-order valence-electron chi connectivity index (χ0n) is 12.8. The van der Waals surface area contributed by atoms with Gasteiger partial charge in [-0.15, -0.1) is 0 Å². The fourth-order valence-corrected chi connectivity index (χ4v) is 6.98. The summed E-state index contributed by atoms with van der Waals surface area (Å²) in [6.07, 6.45) is 3.73. The zero-order valence-corrected chi connectivity index (χ0v) is 13.7. The zero-order chi connectivity index (χ0) is 15.2. The third-order valence-electron chi connectivity index (χ3n) is 4.28. The summed E-state index contributed by atoms with van der Waals surface area (Å²) >= 11 is 0. The van der Waals surface area contributed by atoms with Gasteiger partial charge in [-0.1, -0.05) is 0 Å². The first-order chi connectivity index (χ1) is 10.6. The Morgan fingerprint density at radius 3 is 2.05 bits per heavy atom. The van der Waals surface area contributed by atoms with E-state index in [-0.39, 0.29) is 0 Å². The molecule has 0 fully saturated rings. The number of benzene rings is 2. The maximum atomic E-state index is 6.41. The Kier molecular flexibility index (Phi) is 2.79. The van der Waals surface area contributed by atoms with Crippen LogP contribution in [0, 0.1) is 0 Å². The topological polar surface area (TPSA) is 27.7 Å². The average Bonchev–Trinajstić information content (AvgIpc) is 3.06. The number of allylic oxidation sites excluding steroid dienone is 2. The van der Waals surface area contributed by atoms with Crippen LogP contribution >= 0.6 is 7.28 Å². The molecule has 2 aromatic carbocycles. The van der Waals surface area contributed by atoms with Gasteiger partial charge in [0.2, 0.25) is 0 Å². The minimum absolute atomic E-state index is 0.650. The Balaban J connectivity index is 1.85. The van der Waals surface area contributed by atoms with E-state index in [2.05, 4.69) is 37.3 Å². The van der Waals surface area contributed by atoms with Gasteiger partial charge in [-0.25, -0.2) is 0 Å². The van der Waals surface area contributed by atoms with Gasteiger partial charge in [0.25, 0.3) is 0 Å². The Morgan fingerprint density at radius 2 is 1.55 bits per heavy atom. The summed E-state index contributed by atoms with van der Waals surface area (Å²) in [4.78, 5) is 0. The van der Waals surface area contributed by atoms with Crippen molar-refractivity contribution in [1.29, 1.82) is 0 Å². The van der Waals surface area contributed by atoms with E-state index in [4.69, 9.17) is 13.6 Å². The number of hydrogen-bond acceptors (Lipinski definition) is 3. The van der Waals surface area contributed by atoms with Crippen LogP contribution in [0.1, 0.15) is 19.4 Å². The fraction of sp³-hybridized carbons (Fsp3) is 0.222. The minimum atomic E-state index is -3.38. The van der Waals surface area contributed by atoms with E-state index in [9.17, 15) is 0 Å². The molecular weight excluding hydrogens is 295 g/mol. The monoisotopic (exact) mass is 314 g/mol. The molecule has 2 heterocycles.